The van der Waals surface area contributed by atoms with E-state index in [9.17, 15) is 19.8 Å². The summed E-state index contributed by atoms with van der Waals surface area (Å²) < 4.78 is 18.3. The maximum atomic E-state index is 12.2. The first-order valence-corrected chi connectivity index (χ1v) is 27.4. The van der Waals surface area contributed by atoms with Crippen LogP contribution in [0.1, 0.15) is 167 Å². The van der Waals surface area contributed by atoms with E-state index in [1.807, 2.05) is 70.2 Å². The smallest absolute Gasteiger partial charge is 0.252 e. The van der Waals surface area contributed by atoms with Crippen LogP contribution >= 0.6 is 0 Å². The second-order valence-corrected chi connectivity index (χ2v) is 22.8. The van der Waals surface area contributed by atoms with Crippen molar-refractivity contribution in [2.24, 2.45) is 34.5 Å². The summed E-state index contributed by atoms with van der Waals surface area (Å²) >= 11 is 0. The van der Waals surface area contributed by atoms with E-state index >= 15 is 0 Å². The zero-order valence-corrected chi connectivity index (χ0v) is 43.3. The molecule has 0 amide bonds. The van der Waals surface area contributed by atoms with E-state index in [1.54, 1.807) is 0 Å². The fourth-order valence-electron chi connectivity index (χ4n) is 15.8. The van der Waals surface area contributed by atoms with Gasteiger partial charge in [0.25, 0.3) is 5.79 Å². The summed E-state index contributed by atoms with van der Waals surface area (Å²) in [6.07, 6.45) is 17.9. The summed E-state index contributed by atoms with van der Waals surface area (Å²) in [4.78, 5) is 24.5. The molecule has 1 aliphatic heterocycles. The van der Waals surface area contributed by atoms with Gasteiger partial charge in [-0.2, -0.15) is 0 Å². The Morgan fingerprint density at radius 1 is 0.569 bits per heavy atom. The van der Waals surface area contributed by atoms with Crippen molar-refractivity contribution in [2.75, 3.05) is 0 Å². The second kappa shape index (κ2) is 18.4. The van der Waals surface area contributed by atoms with Crippen LogP contribution in [0.25, 0.3) is 0 Å². The molecule has 1 spiro atoms. The third-order valence-corrected chi connectivity index (χ3v) is 19.3. The fourth-order valence-corrected chi connectivity index (χ4v) is 15.8. The Kier molecular flexibility index (Phi) is 12.4. The number of carbonyl (C=O) groups is 2. The van der Waals surface area contributed by atoms with E-state index in [1.165, 1.54) is 44.6 Å². The van der Waals surface area contributed by atoms with Gasteiger partial charge in [0.05, 0.1) is 0 Å². The minimum absolute atomic E-state index is 0.186. The molecule has 374 valence electrons. The number of hydrogen-bond acceptors (Lipinski definition) is 7. The van der Waals surface area contributed by atoms with Gasteiger partial charge in [-0.15, -0.1) is 11.8 Å². The Balaban J connectivity index is 0.000000151. The number of fused-ring (bicyclic) bond motifs is 9. The lowest BCUT2D eigenvalue weighted by Crippen LogP contribution is -2.51. The van der Waals surface area contributed by atoms with Crippen molar-refractivity contribution in [1.82, 2.24) is 0 Å². The van der Waals surface area contributed by atoms with Crippen LogP contribution in [-0.2, 0) is 9.59 Å². The number of aliphatic hydroxyl groups is 2. The molecule has 0 unspecified atom stereocenters. The van der Waals surface area contributed by atoms with Crippen LogP contribution < -0.4 is 14.2 Å². The highest BCUT2D eigenvalue weighted by atomic mass is 16.7. The average Bonchev–Trinajstić information content (AvgIpc) is 3.84. The van der Waals surface area contributed by atoms with E-state index in [2.05, 4.69) is 80.0 Å². The second-order valence-electron chi connectivity index (χ2n) is 22.8. The van der Waals surface area contributed by atoms with Crippen LogP contribution in [0.2, 0.25) is 0 Å². The van der Waals surface area contributed by atoms with Crippen molar-refractivity contribution in [3.8, 4) is 46.7 Å². The molecule has 0 radical (unpaired) electrons. The average molecular weight is 965 g/mol. The van der Waals surface area contributed by atoms with Crippen LogP contribution in [0.5, 0.6) is 23.0 Å². The first kappa shape index (κ1) is 48.7. The number of ether oxygens (including phenoxy) is 3. The third-order valence-electron chi connectivity index (χ3n) is 19.3. The highest BCUT2D eigenvalue weighted by Gasteiger charge is 2.64. The van der Waals surface area contributed by atoms with Gasteiger partial charge in [0, 0.05) is 48.3 Å². The zero-order valence-electron chi connectivity index (χ0n) is 43.3. The summed E-state index contributed by atoms with van der Waals surface area (Å²) in [5, 5.41) is 23.6. The largest absolute Gasteiger partial charge is 0.457 e. The lowest BCUT2D eigenvalue weighted by Gasteiger charge is -2.53. The van der Waals surface area contributed by atoms with Crippen molar-refractivity contribution in [3.63, 3.8) is 0 Å². The van der Waals surface area contributed by atoms with Crippen LogP contribution in [0.4, 0.5) is 0 Å². The topological polar surface area (TPSA) is 102 Å². The molecule has 7 nitrogen and oxygen atoms in total. The molecule has 10 aliphatic rings. The van der Waals surface area contributed by atoms with Gasteiger partial charge >= 0.3 is 0 Å². The molecule has 3 aromatic rings. The number of hydrogen-bond donors (Lipinski definition) is 2. The first-order valence-electron chi connectivity index (χ1n) is 27.4. The Hall–Kier alpha value is -5.60. The molecule has 13 rings (SSSR count). The Bertz CT molecular complexity index is 2940. The maximum absolute atomic E-state index is 12.2. The predicted molar refractivity (Wildman–Crippen MR) is 281 cm³/mol. The molecule has 1 heterocycles. The van der Waals surface area contributed by atoms with Gasteiger partial charge in [-0.05, 0) is 197 Å². The van der Waals surface area contributed by atoms with Crippen molar-refractivity contribution in [3.05, 3.63) is 130 Å². The Morgan fingerprint density at radius 3 is 1.57 bits per heavy atom. The molecular formula is C65H72O7. The van der Waals surface area contributed by atoms with Gasteiger partial charge in [-0.25, -0.2) is 0 Å². The van der Waals surface area contributed by atoms with E-state index in [0.29, 0.717) is 36.5 Å². The highest BCUT2D eigenvalue weighted by molar-refractivity contribution is 5.93. The zero-order chi connectivity index (χ0) is 50.2. The standard InChI is InChI=1S/C33H34O3.C30H32O4.C2H6/c1-3-18-33(35)19-17-30-28-15-11-23-20-24(34)12-16-27(23)31(28)29(21-32(30,33)2)22-9-13-26(14-10-22)36-25-7-5-4-6-8-25;1-3-11-29(32)12-10-24-22-7-4-18-15-20(31)6-8-21(18)27(22)23(17-28(24,29)2)19-5-9-25-26(16-19)34-30(33-25)13-14-30;1-2/h4-10,13-14,20,28-30,35H,11-12,15-17,19,21H2,1-2H3;5,9,15-16,22-24,32H,4,6-8,10,12-14,17H2,1-2H3;1-2H3/t28-,29+,30-,32-,33-;22-,23+,24-,28-,29-;/m00./s1. The van der Waals surface area contributed by atoms with Crippen LogP contribution in [-0.4, -0.2) is 38.8 Å². The van der Waals surface area contributed by atoms with Crippen molar-refractivity contribution < 1.29 is 34.0 Å². The predicted octanol–water partition coefficient (Wildman–Crippen LogP) is 13.8. The van der Waals surface area contributed by atoms with Gasteiger partial charge in [-0.3, -0.25) is 9.59 Å². The maximum Gasteiger partial charge on any atom is 0.252 e. The molecule has 5 fully saturated rings. The molecule has 72 heavy (non-hydrogen) atoms. The minimum atomic E-state index is -0.950. The first-order chi connectivity index (χ1) is 34.8. The molecule has 0 aromatic heterocycles. The number of para-hydroxylation sites is 1. The molecule has 7 heteroatoms. The number of ketones is 2. The Labute approximate surface area is 427 Å². The quantitative estimate of drug-likeness (QED) is 0.251. The molecule has 3 aromatic carbocycles. The van der Waals surface area contributed by atoms with Crippen LogP contribution in [0, 0.1) is 58.2 Å². The van der Waals surface area contributed by atoms with Crippen molar-refractivity contribution in [2.45, 2.75) is 173 Å². The molecule has 5 saturated carbocycles. The van der Waals surface area contributed by atoms with Crippen LogP contribution in [0.15, 0.2) is 118 Å². The van der Waals surface area contributed by atoms with Gasteiger partial charge in [-0.1, -0.05) is 87.1 Å². The number of allylic oxidation sites excluding steroid dienone is 8. The van der Waals surface area contributed by atoms with Gasteiger partial charge in [0.2, 0.25) is 0 Å². The number of rotatable bonds is 4. The SMILES string of the molecule is CC.CC#C[C@]1(O)CC[C@H]2[C@@H]3CCC4=CC(=O)CCC4=C3[C@@H](c3ccc(Oc4ccccc4)cc3)C[C@@]21C.CC#C[C@]1(O)CC[C@H]2[C@@H]3CCC4=CC(=O)CCC4=C3[C@@H](c3ccc4c(c3)OC3(CC3)O4)C[C@@]21C. The third kappa shape index (κ3) is 7.95. The van der Waals surface area contributed by atoms with E-state index in [-0.39, 0.29) is 34.2 Å². The summed E-state index contributed by atoms with van der Waals surface area (Å²) in [5.74, 6) is 18.1. The fraction of sp³-hybridized carbons (Fsp3) is 0.508. The van der Waals surface area contributed by atoms with Crippen LogP contribution in [0.3, 0.4) is 0 Å². The molecule has 10 atom stereocenters. The monoisotopic (exact) mass is 965 g/mol. The molecule has 2 N–H and O–H groups in total. The van der Waals surface area contributed by atoms with E-state index < -0.39 is 17.0 Å². The van der Waals surface area contributed by atoms with E-state index in [4.69, 9.17) is 14.2 Å². The molecule has 9 aliphatic carbocycles. The van der Waals surface area contributed by atoms with Gasteiger partial charge in [0.1, 0.15) is 22.7 Å². The van der Waals surface area contributed by atoms with Gasteiger partial charge < -0.3 is 24.4 Å². The van der Waals surface area contributed by atoms with Gasteiger partial charge in [0.15, 0.2) is 23.1 Å². The summed E-state index contributed by atoms with van der Waals surface area (Å²) in [6, 6.07) is 24.8. The highest BCUT2D eigenvalue weighted by Crippen LogP contribution is 2.69. The van der Waals surface area contributed by atoms with Crippen molar-refractivity contribution in [1.29, 1.82) is 0 Å². The normalized spacial score (nSPS) is 34.8. The summed E-state index contributed by atoms with van der Waals surface area (Å²) in [7, 11) is 0. The Morgan fingerprint density at radius 2 is 1.06 bits per heavy atom. The van der Waals surface area contributed by atoms with Crippen molar-refractivity contribution >= 4 is 11.6 Å². The molecular weight excluding hydrogens is 893 g/mol. The molecule has 0 bridgehead atoms. The number of carbonyl (C=O) groups excluding carboxylic acids is 2. The van der Waals surface area contributed by atoms with E-state index in [0.717, 1.165) is 113 Å². The summed E-state index contributed by atoms with van der Waals surface area (Å²) in [6.45, 7) is 12.2. The lowest BCUT2D eigenvalue weighted by molar-refractivity contribution is -0.115. The number of benzene rings is 3. The summed E-state index contributed by atoms with van der Waals surface area (Å²) in [5.41, 5.74) is 8.51. The molecule has 0 saturated heterocycles. The minimum Gasteiger partial charge on any atom is -0.457 e. The lowest BCUT2D eigenvalue weighted by atomic mass is 9.51.